The Balaban J connectivity index is 1.93. The molecule has 0 aromatic carbocycles. The maximum absolute atomic E-state index is 3.99. The first-order valence-electron chi connectivity index (χ1n) is 6.43. The third kappa shape index (κ3) is 6.44. The van der Waals surface area contributed by atoms with Crippen molar-refractivity contribution in [1.29, 1.82) is 0 Å². The van der Waals surface area contributed by atoms with Gasteiger partial charge in [0.25, 0.3) is 0 Å². The monoisotopic (exact) mass is 220 g/mol. The van der Waals surface area contributed by atoms with Crippen LogP contribution in [0.1, 0.15) is 46.0 Å². The Hall–Kier alpha value is -1.05. The van der Waals surface area contributed by atoms with E-state index in [1.807, 2.05) is 24.5 Å². The van der Waals surface area contributed by atoms with Gasteiger partial charge in [-0.25, -0.2) is 0 Å². The van der Waals surface area contributed by atoms with Crippen LogP contribution in [-0.2, 0) is 0 Å². The van der Waals surface area contributed by atoms with Crippen LogP contribution in [-0.4, -0.2) is 11.5 Å². The van der Waals surface area contributed by atoms with Crippen molar-refractivity contribution in [3.8, 4) is 0 Å². The Morgan fingerprint density at radius 2 is 1.75 bits per heavy atom. The predicted octanol–water partition coefficient (Wildman–Crippen LogP) is 4.10. The molecule has 0 fully saturated rings. The maximum Gasteiger partial charge on any atom is 0.0371 e. The van der Waals surface area contributed by atoms with Crippen LogP contribution < -0.4 is 5.32 Å². The number of unbranched alkanes of at least 4 members (excludes halogenated alkanes) is 3. The average molecular weight is 220 g/mol. The van der Waals surface area contributed by atoms with Gasteiger partial charge < -0.3 is 5.32 Å². The molecule has 0 spiro atoms. The molecule has 1 rings (SSSR count). The highest BCUT2D eigenvalue weighted by Crippen LogP contribution is 2.10. The van der Waals surface area contributed by atoms with E-state index in [-0.39, 0.29) is 0 Å². The lowest BCUT2D eigenvalue weighted by Gasteiger charge is -2.06. The van der Waals surface area contributed by atoms with Gasteiger partial charge in [-0.05, 0) is 24.5 Å². The summed E-state index contributed by atoms with van der Waals surface area (Å²) in [6.07, 6.45) is 10.4. The summed E-state index contributed by atoms with van der Waals surface area (Å²) in [6.45, 7) is 5.67. The van der Waals surface area contributed by atoms with Gasteiger partial charge in [-0.2, -0.15) is 0 Å². The predicted molar refractivity (Wildman–Crippen MR) is 70.6 cm³/mol. The summed E-state index contributed by atoms with van der Waals surface area (Å²) in [5, 5.41) is 3.40. The summed E-state index contributed by atoms with van der Waals surface area (Å²) < 4.78 is 0. The van der Waals surface area contributed by atoms with Gasteiger partial charge in [-0.15, -0.1) is 0 Å². The lowest BCUT2D eigenvalue weighted by molar-refractivity contribution is 0.523. The van der Waals surface area contributed by atoms with Gasteiger partial charge in [0.2, 0.25) is 0 Å². The molecule has 0 amide bonds. The third-order valence-corrected chi connectivity index (χ3v) is 2.72. The summed E-state index contributed by atoms with van der Waals surface area (Å²) in [5.74, 6) is 0.856. The van der Waals surface area contributed by atoms with E-state index in [0.717, 1.165) is 12.5 Å². The lowest BCUT2D eigenvalue weighted by Crippen LogP contribution is -2.01. The average Bonchev–Trinajstić information content (AvgIpc) is 2.29. The fraction of sp³-hybridized carbons (Fsp3) is 0.643. The molecule has 0 unspecified atom stereocenters. The first kappa shape index (κ1) is 13.0. The van der Waals surface area contributed by atoms with Gasteiger partial charge in [0, 0.05) is 24.6 Å². The Kier molecular flexibility index (Phi) is 6.62. The van der Waals surface area contributed by atoms with Gasteiger partial charge in [-0.1, -0.05) is 39.5 Å². The van der Waals surface area contributed by atoms with Gasteiger partial charge in [0.1, 0.15) is 0 Å². The van der Waals surface area contributed by atoms with Crippen molar-refractivity contribution in [2.24, 2.45) is 5.92 Å². The van der Waals surface area contributed by atoms with Crippen LogP contribution in [0, 0.1) is 5.92 Å². The number of pyridine rings is 1. The number of rotatable bonds is 8. The van der Waals surface area contributed by atoms with Crippen molar-refractivity contribution in [3.63, 3.8) is 0 Å². The van der Waals surface area contributed by atoms with Crippen molar-refractivity contribution in [3.05, 3.63) is 24.5 Å². The Morgan fingerprint density at radius 3 is 2.44 bits per heavy atom. The first-order chi connectivity index (χ1) is 7.79. The zero-order valence-corrected chi connectivity index (χ0v) is 10.6. The molecule has 0 aliphatic rings. The van der Waals surface area contributed by atoms with Gasteiger partial charge in [0.15, 0.2) is 0 Å². The Bertz CT molecular complexity index is 257. The molecular weight excluding hydrogens is 196 g/mol. The number of hydrogen-bond donors (Lipinski definition) is 1. The van der Waals surface area contributed by atoms with Crippen molar-refractivity contribution < 1.29 is 0 Å². The van der Waals surface area contributed by atoms with E-state index in [1.165, 1.54) is 37.8 Å². The van der Waals surface area contributed by atoms with Gasteiger partial charge in [-0.3, -0.25) is 4.98 Å². The van der Waals surface area contributed by atoms with E-state index in [9.17, 15) is 0 Å². The van der Waals surface area contributed by atoms with Crippen LogP contribution in [0.25, 0.3) is 0 Å². The van der Waals surface area contributed by atoms with Crippen LogP contribution in [0.5, 0.6) is 0 Å². The standard InChI is InChI=1S/C14H24N2/c1-13(2)7-5-3-4-6-10-16-14-8-11-15-12-9-14/h8-9,11-13H,3-7,10H2,1-2H3,(H,15,16). The molecular formula is C14H24N2. The minimum absolute atomic E-state index is 0.856. The highest BCUT2D eigenvalue weighted by Gasteiger charge is 1.94. The van der Waals surface area contributed by atoms with Crippen LogP contribution in [0.2, 0.25) is 0 Å². The molecule has 1 aromatic rings. The minimum Gasteiger partial charge on any atom is -0.385 e. The molecule has 0 aliphatic heterocycles. The summed E-state index contributed by atoms with van der Waals surface area (Å²) in [7, 11) is 0. The van der Waals surface area contributed by atoms with Crippen molar-refractivity contribution >= 4 is 5.69 Å². The van der Waals surface area contributed by atoms with E-state index in [0.29, 0.717) is 0 Å². The summed E-state index contributed by atoms with van der Waals surface area (Å²) in [5.41, 5.74) is 1.18. The summed E-state index contributed by atoms with van der Waals surface area (Å²) in [6, 6.07) is 4.03. The second-order valence-electron chi connectivity index (χ2n) is 4.76. The smallest absolute Gasteiger partial charge is 0.0371 e. The molecule has 0 bridgehead atoms. The van der Waals surface area contributed by atoms with Gasteiger partial charge >= 0.3 is 0 Å². The second kappa shape index (κ2) is 8.14. The van der Waals surface area contributed by atoms with E-state index in [4.69, 9.17) is 0 Å². The summed E-state index contributed by atoms with van der Waals surface area (Å²) in [4.78, 5) is 3.99. The number of anilines is 1. The molecule has 1 aromatic heterocycles. The Labute approximate surface area is 99.5 Å². The highest BCUT2D eigenvalue weighted by molar-refractivity contribution is 5.40. The van der Waals surface area contributed by atoms with Crippen LogP contribution in [0.15, 0.2) is 24.5 Å². The first-order valence-corrected chi connectivity index (χ1v) is 6.43. The molecule has 0 radical (unpaired) electrons. The van der Waals surface area contributed by atoms with Gasteiger partial charge in [0.05, 0.1) is 0 Å². The van der Waals surface area contributed by atoms with E-state index < -0.39 is 0 Å². The minimum atomic E-state index is 0.856. The highest BCUT2D eigenvalue weighted by atomic mass is 14.9. The van der Waals surface area contributed by atoms with E-state index >= 15 is 0 Å². The normalized spacial score (nSPS) is 10.7. The molecule has 0 saturated heterocycles. The molecule has 1 heterocycles. The molecule has 0 saturated carbocycles. The van der Waals surface area contributed by atoms with Crippen molar-refractivity contribution in [2.75, 3.05) is 11.9 Å². The lowest BCUT2D eigenvalue weighted by atomic mass is 10.0. The van der Waals surface area contributed by atoms with Crippen LogP contribution in [0.3, 0.4) is 0 Å². The van der Waals surface area contributed by atoms with Crippen molar-refractivity contribution in [1.82, 2.24) is 4.98 Å². The number of nitrogens with one attached hydrogen (secondary N) is 1. The second-order valence-corrected chi connectivity index (χ2v) is 4.76. The molecule has 0 aliphatic carbocycles. The van der Waals surface area contributed by atoms with Crippen LogP contribution in [0.4, 0.5) is 5.69 Å². The number of hydrogen-bond acceptors (Lipinski definition) is 2. The maximum atomic E-state index is 3.99. The zero-order chi connectivity index (χ0) is 11.6. The molecule has 16 heavy (non-hydrogen) atoms. The third-order valence-electron chi connectivity index (χ3n) is 2.72. The molecule has 1 N–H and O–H groups in total. The van der Waals surface area contributed by atoms with Crippen LogP contribution >= 0.6 is 0 Å². The molecule has 2 heteroatoms. The number of nitrogens with zero attached hydrogens (tertiary/aromatic N) is 1. The molecule has 90 valence electrons. The number of aromatic nitrogens is 1. The SMILES string of the molecule is CC(C)CCCCCCNc1ccncc1. The molecule has 2 nitrogen and oxygen atoms in total. The van der Waals surface area contributed by atoms with E-state index in [2.05, 4.69) is 24.1 Å². The largest absolute Gasteiger partial charge is 0.385 e. The molecule has 0 atom stereocenters. The fourth-order valence-corrected chi connectivity index (χ4v) is 1.73. The van der Waals surface area contributed by atoms with E-state index in [1.54, 1.807) is 0 Å². The Morgan fingerprint density at radius 1 is 1.06 bits per heavy atom. The fourth-order valence-electron chi connectivity index (χ4n) is 1.73. The topological polar surface area (TPSA) is 24.9 Å². The summed E-state index contributed by atoms with van der Waals surface area (Å²) >= 11 is 0. The quantitative estimate of drug-likeness (QED) is 0.667. The van der Waals surface area contributed by atoms with Crippen molar-refractivity contribution in [2.45, 2.75) is 46.0 Å². The zero-order valence-electron chi connectivity index (χ0n) is 10.6.